The lowest BCUT2D eigenvalue weighted by molar-refractivity contribution is 0.0525. The lowest BCUT2D eigenvalue weighted by Gasteiger charge is -2.09. The Morgan fingerprint density at radius 1 is 1.41 bits per heavy atom. The minimum absolute atomic E-state index is 0.0589. The van der Waals surface area contributed by atoms with Crippen LogP contribution in [0.3, 0.4) is 0 Å². The van der Waals surface area contributed by atoms with Gasteiger partial charge in [-0.1, -0.05) is 0 Å². The number of esters is 1. The summed E-state index contributed by atoms with van der Waals surface area (Å²) in [6, 6.07) is 0. The summed E-state index contributed by atoms with van der Waals surface area (Å²) in [6.45, 7) is 10.5. The van der Waals surface area contributed by atoms with Crippen LogP contribution in [0.25, 0.3) is 6.08 Å². The summed E-state index contributed by atoms with van der Waals surface area (Å²) in [5, 5.41) is 4.15. The molecule has 0 aliphatic carbocycles. The summed E-state index contributed by atoms with van der Waals surface area (Å²) < 4.78 is 10.8. The van der Waals surface area contributed by atoms with Crippen molar-refractivity contribution in [2.75, 3.05) is 13.2 Å². The molecule has 6 nitrogen and oxygen atoms in total. The third-order valence-corrected chi connectivity index (χ3v) is 3.35. The number of H-pyrrole nitrogens is 1. The maximum absolute atomic E-state index is 12.0. The number of aryl methyl sites for hydroxylation is 1. The Morgan fingerprint density at radius 3 is 2.77 bits per heavy atom. The van der Waals surface area contributed by atoms with Gasteiger partial charge in [0.15, 0.2) is 0 Å². The summed E-state index contributed by atoms with van der Waals surface area (Å²) in [4.78, 5) is 15.3. The topological polar surface area (TPSA) is 75.7 Å². The van der Waals surface area contributed by atoms with E-state index in [0.29, 0.717) is 24.6 Å². The molecule has 0 saturated carbocycles. The van der Waals surface area contributed by atoms with Gasteiger partial charge in [-0.05, 0) is 46.3 Å². The second-order valence-corrected chi connectivity index (χ2v) is 5.47. The Bertz CT molecular complexity index is 627. The second kappa shape index (κ2) is 6.68. The third kappa shape index (κ3) is 3.32. The van der Waals surface area contributed by atoms with Gasteiger partial charge in [0, 0.05) is 17.0 Å². The Labute approximate surface area is 130 Å². The van der Waals surface area contributed by atoms with E-state index < -0.39 is 0 Å². The van der Waals surface area contributed by atoms with Gasteiger partial charge in [-0.25, -0.2) is 4.79 Å². The van der Waals surface area contributed by atoms with Crippen molar-refractivity contribution in [3.63, 3.8) is 0 Å². The van der Waals surface area contributed by atoms with Gasteiger partial charge in [-0.15, -0.1) is 5.10 Å². The second-order valence-electron chi connectivity index (χ2n) is 5.47. The molecule has 0 bridgehead atoms. The smallest absolute Gasteiger partial charge is 0.340 e. The molecule has 0 atom stereocenters. The number of hydrogen-bond acceptors (Lipinski definition) is 5. The fraction of sp³-hybridized carbons (Fsp3) is 0.500. The summed E-state index contributed by atoms with van der Waals surface area (Å²) in [7, 11) is 0. The molecule has 2 heterocycles. The maximum atomic E-state index is 12.0. The van der Waals surface area contributed by atoms with Gasteiger partial charge in [-0.3, -0.25) is 0 Å². The van der Waals surface area contributed by atoms with Crippen LogP contribution in [0, 0.1) is 13.8 Å². The van der Waals surface area contributed by atoms with Crippen LogP contribution in [0.1, 0.15) is 48.1 Å². The quantitative estimate of drug-likeness (QED) is 0.838. The molecule has 0 fully saturated rings. The number of aromatic nitrogens is 1. The first kappa shape index (κ1) is 16.1. The first-order chi connectivity index (χ1) is 10.4. The van der Waals surface area contributed by atoms with E-state index in [-0.39, 0.29) is 12.1 Å². The Hall–Kier alpha value is -2.24. The number of nitrogens with zero attached hydrogens (tertiary/aromatic N) is 1. The van der Waals surface area contributed by atoms with Gasteiger partial charge < -0.3 is 19.9 Å². The first-order valence-electron chi connectivity index (χ1n) is 7.48. The van der Waals surface area contributed by atoms with Crippen molar-refractivity contribution in [1.82, 2.24) is 10.4 Å². The number of ether oxygens (including phenoxy) is 2. The molecule has 0 saturated heterocycles. The molecule has 1 aliphatic rings. The van der Waals surface area contributed by atoms with E-state index in [1.54, 1.807) is 6.92 Å². The number of carbonyl (C=O) groups excluding carboxylic acids is 1. The van der Waals surface area contributed by atoms with Gasteiger partial charge in [0.1, 0.15) is 0 Å². The zero-order chi connectivity index (χ0) is 16.3. The lowest BCUT2D eigenvalue weighted by atomic mass is 10.1. The Morgan fingerprint density at radius 2 is 2.14 bits per heavy atom. The van der Waals surface area contributed by atoms with Gasteiger partial charge in [0.25, 0.3) is 0 Å². The van der Waals surface area contributed by atoms with Crippen LogP contribution in [0.4, 0.5) is 0 Å². The molecule has 0 amide bonds. The molecule has 0 radical (unpaired) electrons. The Kier molecular flexibility index (Phi) is 4.90. The largest absolute Gasteiger partial charge is 0.474 e. The lowest BCUT2D eigenvalue weighted by Crippen LogP contribution is -2.12. The van der Waals surface area contributed by atoms with Gasteiger partial charge in [0.2, 0.25) is 5.90 Å². The van der Waals surface area contributed by atoms with Crippen molar-refractivity contribution in [1.29, 1.82) is 0 Å². The molecule has 2 N–H and O–H groups in total. The molecule has 0 aromatic carbocycles. The van der Waals surface area contributed by atoms with Crippen LogP contribution in [-0.2, 0) is 9.47 Å². The molecule has 1 aromatic rings. The normalized spacial score (nSPS) is 15.9. The third-order valence-electron chi connectivity index (χ3n) is 3.35. The van der Waals surface area contributed by atoms with E-state index in [2.05, 4.69) is 15.5 Å². The number of rotatable bonds is 4. The monoisotopic (exact) mass is 305 g/mol. The highest BCUT2D eigenvalue weighted by Gasteiger charge is 2.21. The fourth-order valence-electron chi connectivity index (χ4n) is 2.38. The van der Waals surface area contributed by atoms with Crippen molar-refractivity contribution in [2.45, 2.75) is 40.7 Å². The van der Waals surface area contributed by atoms with E-state index >= 15 is 0 Å². The predicted molar refractivity (Wildman–Crippen MR) is 85.9 cm³/mol. The van der Waals surface area contributed by atoms with Gasteiger partial charge >= 0.3 is 5.97 Å². The van der Waals surface area contributed by atoms with E-state index in [1.165, 1.54) is 0 Å². The molecular weight excluding hydrogens is 282 g/mol. The average molecular weight is 305 g/mol. The van der Waals surface area contributed by atoms with Crippen LogP contribution in [0.5, 0.6) is 0 Å². The highest BCUT2D eigenvalue weighted by Crippen LogP contribution is 2.22. The van der Waals surface area contributed by atoms with Crippen molar-refractivity contribution in [3.05, 3.63) is 28.1 Å². The van der Waals surface area contributed by atoms with Gasteiger partial charge in [-0.2, -0.15) is 0 Å². The van der Waals surface area contributed by atoms with Crippen LogP contribution >= 0.6 is 0 Å². The standard InChI is InChI=1S/C16H23N3O3/c1-6-21-16(20)14-10(4)13(18-11(14)5)7-12-8-17-19-15(12)22-9(2)3/h7,9,17-18H,6,8H2,1-5H3. The van der Waals surface area contributed by atoms with E-state index in [0.717, 1.165) is 22.5 Å². The molecule has 0 spiro atoms. The molecular formula is C16H23N3O3. The van der Waals surface area contributed by atoms with Crippen LogP contribution in [-0.4, -0.2) is 36.1 Å². The summed E-state index contributed by atoms with van der Waals surface area (Å²) >= 11 is 0. The van der Waals surface area contributed by atoms with Crippen molar-refractivity contribution >= 4 is 17.9 Å². The van der Waals surface area contributed by atoms with E-state index in [1.807, 2.05) is 33.8 Å². The number of hydrogen-bond donors (Lipinski definition) is 2. The minimum Gasteiger partial charge on any atom is -0.474 e. The number of nitrogens with one attached hydrogen (secondary N) is 2. The van der Waals surface area contributed by atoms with Crippen molar-refractivity contribution in [3.8, 4) is 0 Å². The molecule has 1 aromatic heterocycles. The Balaban J connectivity index is 2.31. The number of hydrazone groups is 1. The molecule has 0 unspecified atom stereocenters. The van der Waals surface area contributed by atoms with Crippen molar-refractivity contribution in [2.24, 2.45) is 5.10 Å². The fourth-order valence-corrected chi connectivity index (χ4v) is 2.38. The molecule has 2 rings (SSSR count). The summed E-state index contributed by atoms with van der Waals surface area (Å²) in [5.74, 6) is 0.301. The maximum Gasteiger partial charge on any atom is 0.340 e. The minimum atomic E-state index is -0.296. The SMILES string of the molecule is CCOC(=O)c1c(C)[nH]c(C=C2CNN=C2OC(C)C)c1C. The zero-order valence-electron chi connectivity index (χ0n) is 13.7. The van der Waals surface area contributed by atoms with Crippen LogP contribution < -0.4 is 5.43 Å². The van der Waals surface area contributed by atoms with E-state index in [4.69, 9.17) is 9.47 Å². The predicted octanol–water partition coefficient (Wildman–Crippen LogP) is 2.53. The summed E-state index contributed by atoms with van der Waals surface area (Å²) in [6.07, 6.45) is 2.02. The zero-order valence-corrected chi connectivity index (χ0v) is 13.7. The first-order valence-corrected chi connectivity index (χ1v) is 7.48. The highest BCUT2D eigenvalue weighted by atomic mass is 16.5. The van der Waals surface area contributed by atoms with Crippen LogP contribution in [0.2, 0.25) is 0 Å². The van der Waals surface area contributed by atoms with E-state index in [9.17, 15) is 4.79 Å². The van der Waals surface area contributed by atoms with Crippen molar-refractivity contribution < 1.29 is 14.3 Å². The molecule has 6 heteroatoms. The number of carbonyl (C=O) groups is 1. The molecule has 22 heavy (non-hydrogen) atoms. The van der Waals surface area contributed by atoms with Gasteiger partial charge in [0.05, 0.1) is 24.8 Å². The summed E-state index contributed by atoms with van der Waals surface area (Å²) in [5.41, 5.74) is 7.02. The number of aromatic amines is 1. The molecule has 1 aliphatic heterocycles. The van der Waals surface area contributed by atoms with Crippen LogP contribution in [0.15, 0.2) is 10.7 Å². The highest BCUT2D eigenvalue weighted by molar-refractivity contribution is 6.00. The average Bonchev–Trinajstić information content (AvgIpc) is 2.95. The molecule has 120 valence electrons.